The van der Waals surface area contributed by atoms with Crippen molar-refractivity contribution in [1.29, 1.82) is 0 Å². The van der Waals surface area contributed by atoms with E-state index < -0.39 is 0 Å². The van der Waals surface area contributed by atoms with Crippen LogP contribution in [0, 0.1) is 0 Å². The van der Waals surface area contributed by atoms with Crippen LogP contribution in [0.2, 0.25) is 5.02 Å². The van der Waals surface area contributed by atoms with Crippen LogP contribution in [0.15, 0.2) is 29.3 Å². The van der Waals surface area contributed by atoms with E-state index in [1.54, 1.807) is 0 Å². The summed E-state index contributed by atoms with van der Waals surface area (Å²) in [4.78, 5) is 4.56. The summed E-state index contributed by atoms with van der Waals surface area (Å²) in [6.45, 7) is 5.13. The van der Waals surface area contributed by atoms with E-state index in [2.05, 4.69) is 22.5 Å². The van der Waals surface area contributed by atoms with Gasteiger partial charge in [0.05, 0.1) is 12.6 Å². The van der Waals surface area contributed by atoms with Crippen LogP contribution in [-0.2, 0) is 11.3 Å². The molecule has 1 heterocycles. The summed E-state index contributed by atoms with van der Waals surface area (Å²) < 4.78 is 5.60. The van der Waals surface area contributed by atoms with Gasteiger partial charge in [-0.3, -0.25) is 0 Å². The van der Waals surface area contributed by atoms with Crippen LogP contribution >= 0.6 is 35.6 Å². The molecule has 1 atom stereocenters. The van der Waals surface area contributed by atoms with Gasteiger partial charge >= 0.3 is 0 Å². The zero-order valence-electron chi connectivity index (χ0n) is 12.3. The Kier molecular flexibility index (Phi) is 9.03. The van der Waals surface area contributed by atoms with Crippen LogP contribution in [-0.4, -0.2) is 31.8 Å². The van der Waals surface area contributed by atoms with E-state index >= 15 is 0 Å². The molecule has 118 valence electrons. The van der Waals surface area contributed by atoms with Crippen molar-refractivity contribution in [2.24, 2.45) is 4.99 Å². The molecule has 4 nitrogen and oxygen atoms in total. The van der Waals surface area contributed by atoms with Crippen molar-refractivity contribution in [2.75, 3.05) is 19.7 Å². The van der Waals surface area contributed by atoms with Crippen LogP contribution < -0.4 is 10.6 Å². The Labute approximate surface area is 148 Å². The lowest BCUT2D eigenvalue weighted by molar-refractivity contribution is 0.114. The second kappa shape index (κ2) is 10.2. The van der Waals surface area contributed by atoms with Gasteiger partial charge in [-0.2, -0.15) is 0 Å². The number of aliphatic imine (C=N–C) groups is 1. The molecule has 0 saturated carbocycles. The van der Waals surface area contributed by atoms with Crippen LogP contribution in [0.5, 0.6) is 0 Å². The third-order valence-corrected chi connectivity index (χ3v) is 3.60. The molecule has 0 aliphatic carbocycles. The zero-order chi connectivity index (χ0) is 14.2. The second-order valence-corrected chi connectivity index (χ2v) is 5.21. The van der Waals surface area contributed by atoms with Gasteiger partial charge in [0.2, 0.25) is 0 Å². The van der Waals surface area contributed by atoms with E-state index in [0.29, 0.717) is 12.6 Å². The molecular weight excluding hydrogens is 401 g/mol. The smallest absolute Gasteiger partial charge is 0.191 e. The maximum atomic E-state index is 6.14. The van der Waals surface area contributed by atoms with Gasteiger partial charge in [-0.25, -0.2) is 4.99 Å². The molecule has 0 aromatic heterocycles. The standard InChI is InChI=1S/C15H22ClN3O.HI/c1-2-17-15(19-11-13-7-5-9-20-13)18-10-12-6-3-4-8-14(12)16;/h3-4,6,8,13H,2,5,7,9-11H2,1H3,(H2,17,18,19);1H. The first-order valence-electron chi connectivity index (χ1n) is 7.16. The first-order chi connectivity index (χ1) is 9.79. The Bertz CT molecular complexity index is 450. The minimum Gasteiger partial charge on any atom is -0.376 e. The molecule has 0 spiro atoms. The van der Waals surface area contributed by atoms with Crippen molar-refractivity contribution in [3.63, 3.8) is 0 Å². The van der Waals surface area contributed by atoms with Crippen molar-refractivity contribution in [3.8, 4) is 0 Å². The fraction of sp³-hybridized carbons (Fsp3) is 0.533. The molecular formula is C15H23ClIN3O. The lowest BCUT2D eigenvalue weighted by Gasteiger charge is -2.14. The monoisotopic (exact) mass is 423 g/mol. The SMILES string of the molecule is CCNC(=NCc1ccccc1Cl)NCC1CCCO1.I. The third kappa shape index (κ3) is 6.40. The molecule has 1 aliphatic rings. The normalized spacial score (nSPS) is 18.2. The maximum absolute atomic E-state index is 6.14. The summed E-state index contributed by atoms with van der Waals surface area (Å²) in [5.41, 5.74) is 1.03. The minimum absolute atomic E-state index is 0. The molecule has 0 bridgehead atoms. The minimum atomic E-state index is 0. The Hall–Kier alpha value is -0.530. The number of rotatable bonds is 5. The van der Waals surface area contributed by atoms with Gasteiger partial charge in [-0.15, -0.1) is 24.0 Å². The van der Waals surface area contributed by atoms with E-state index in [0.717, 1.165) is 49.1 Å². The van der Waals surface area contributed by atoms with Crippen molar-refractivity contribution >= 4 is 41.5 Å². The van der Waals surface area contributed by atoms with E-state index in [-0.39, 0.29) is 24.0 Å². The molecule has 1 saturated heterocycles. The van der Waals surface area contributed by atoms with Crippen LogP contribution in [0.3, 0.4) is 0 Å². The summed E-state index contributed by atoms with van der Waals surface area (Å²) in [5, 5.41) is 7.32. The highest BCUT2D eigenvalue weighted by molar-refractivity contribution is 14.0. The number of hydrogen-bond acceptors (Lipinski definition) is 2. The van der Waals surface area contributed by atoms with Crippen molar-refractivity contribution in [3.05, 3.63) is 34.9 Å². The fourth-order valence-electron chi connectivity index (χ4n) is 2.15. The van der Waals surface area contributed by atoms with Gasteiger partial charge in [0.1, 0.15) is 0 Å². The van der Waals surface area contributed by atoms with E-state index in [1.807, 2.05) is 24.3 Å². The summed E-state index contributed by atoms with van der Waals surface area (Å²) >= 11 is 6.14. The molecule has 1 aliphatic heterocycles. The number of halogens is 2. The van der Waals surface area contributed by atoms with Crippen LogP contribution in [0.4, 0.5) is 0 Å². The van der Waals surface area contributed by atoms with E-state index in [1.165, 1.54) is 0 Å². The fourth-order valence-corrected chi connectivity index (χ4v) is 2.34. The third-order valence-electron chi connectivity index (χ3n) is 3.23. The summed E-state index contributed by atoms with van der Waals surface area (Å²) in [6.07, 6.45) is 2.58. The average molecular weight is 424 g/mol. The van der Waals surface area contributed by atoms with Crippen LogP contribution in [0.25, 0.3) is 0 Å². The van der Waals surface area contributed by atoms with Crippen LogP contribution in [0.1, 0.15) is 25.3 Å². The summed E-state index contributed by atoms with van der Waals surface area (Å²) in [5.74, 6) is 0.808. The molecule has 6 heteroatoms. The number of nitrogens with one attached hydrogen (secondary N) is 2. The molecule has 0 amide bonds. The van der Waals surface area contributed by atoms with Gasteiger partial charge in [0, 0.05) is 24.7 Å². The Morgan fingerprint density at radius 1 is 1.38 bits per heavy atom. The number of hydrogen-bond donors (Lipinski definition) is 2. The molecule has 1 aromatic carbocycles. The number of guanidine groups is 1. The molecule has 1 aromatic rings. The molecule has 0 radical (unpaired) electrons. The van der Waals surface area contributed by atoms with Crippen molar-refractivity contribution in [2.45, 2.75) is 32.4 Å². The van der Waals surface area contributed by atoms with Gasteiger partial charge in [0.15, 0.2) is 5.96 Å². The van der Waals surface area contributed by atoms with Gasteiger partial charge in [-0.05, 0) is 31.4 Å². The van der Waals surface area contributed by atoms with Gasteiger partial charge < -0.3 is 15.4 Å². The highest BCUT2D eigenvalue weighted by Crippen LogP contribution is 2.15. The predicted molar refractivity (Wildman–Crippen MR) is 98.7 cm³/mol. The molecule has 2 N–H and O–H groups in total. The first kappa shape index (κ1) is 18.5. The summed E-state index contributed by atoms with van der Waals surface area (Å²) in [7, 11) is 0. The summed E-state index contributed by atoms with van der Waals surface area (Å²) in [6, 6.07) is 7.79. The Morgan fingerprint density at radius 2 is 2.19 bits per heavy atom. The maximum Gasteiger partial charge on any atom is 0.191 e. The second-order valence-electron chi connectivity index (χ2n) is 4.80. The highest BCUT2D eigenvalue weighted by Gasteiger charge is 2.15. The quantitative estimate of drug-likeness (QED) is 0.434. The molecule has 1 fully saturated rings. The van der Waals surface area contributed by atoms with Crippen molar-refractivity contribution in [1.82, 2.24) is 10.6 Å². The topological polar surface area (TPSA) is 45.7 Å². The number of nitrogens with zero attached hydrogens (tertiary/aromatic N) is 1. The predicted octanol–water partition coefficient (Wildman–Crippen LogP) is 3.19. The number of benzene rings is 1. The molecule has 2 rings (SSSR count). The lowest BCUT2D eigenvalue weighted by Crippen LogP contribution is -2.41. The highest BCUT2D eigenvalue weighted by atomic mass is 127. The van der Waals surface area contributed by atoms with E-state index in [9.17, 15) is 0 Å². The Morgan fingerprint density at radius 3 is 2.86 bits per heavy atom. The number of ether oxygens (including phenoxy) is 1. The zero-order valence-corrected chi connectivity index (χ0v) is 15.4. The largest absolute Gasteiger partial charge is 0.376 e. The van der Waals surface area contributed by atoms with Gasteiger partial charge in [-0.1, -0.05) is 29.8 Å². The Balaban J connectivity index is 0.00000220. The first-order valence-corrected chi connectivity index (χ1v) is 7.54. The lowest BCUT2D eigenvalue weighted by atomic mass is 10.2. The van der Waals surface area contributed by atoms with E-state index in [4.69, 9.17) is 16.3 Å². The molecule has 1 unspecified atom stereocenters. The average Bonchev–Trinajstić information content (AvgIpc) is 2.97. The van der Waals surface area contributed by atoms with Gasteiger partial charge in [0.25, 0.3) is 0 Å². The molecule has 21 heavy (non-hydrogen) atoms. The van der Waals surface area contributed by atoms with Crippen molar-refractivity contribution < 1.29 is 4.74 Å².